The number of aromatic nitrogens is 1. The highest BCUT2D eigenvalue weighted by Gasteiger charge is 2.31. The van der Waals surface area contributed by atoms with Gasteiger partial charge in [-0.05, 0) is 54.9 Å². The molecule has 1 saturated heterocycles. The lowest BCUT2D eigenvalue weighted by Gasteiger charge is -2.28. The molecule has 4 rings (SSSR count). The van der Waals surface area contributed by atoms with Gasteiger partial charge in [0.25, 0.3) is 5.91 Å². The van der Waals surface area contributed by atoms with Gasteiger partial charge in [-0.15, -0.1) is 0 Å². The van der Waals surface area contributed by atoms with Gasteiger partial charge in [0.05, 0.1) is 0 Å². The number of carbonyl (C=O) groups excluding carboxylic acids is 4. The minimum absolute atomic E-state index is 0.00241. The molecule has 4 atom stereocenters. The lowest BCUT2D eigenvalue weighted by molar-refractivity contribution is -0.131. The number of nitrogens with zero attached hydrogens (tertiary/aromatic N) is 1. The summed E-state index contributed by atoms with van der Waals surface area (Å²) in [5.41, 5.74) is 0.842. The maximum atomic E-state index is 13.9. The van der Waals surface area contributed by atoms with Crippen molar-refractivity contribution in [3.63, 3.8) is 0 Å². The fourth-order valence-electron chi connectivity index (χ4n) is 5.61. The maximum absolute atomic E-state index is 13.9. The van der Waals surface area contributed by atoms with Crippen molar-refractivity contribution in [3.05, 3.63) is 77.7 Å². The Labute approximate surface area is 267 Å². The van der Waals surface area contributed by atoms with Crippen molar-refractivity contribution >= 4 is 40.4 Å². The van der Waals surface area contributed by atoms with Crippen LogP contribution in [0.25, 0.3) is 10.8 Å². The normalized spacial score (nSPS) is 16.9. The minimum Gasteiger partial charge on any atom is -0.478 e. The molecule has 1 aliphatic rings. The van der Waals surface area contributed by atoms with E-state index in [1.807, 2.05) is 56.3 Å². The van der Waals surface area contributed by atoms with E-state index < -0.39 is 47.7 Å². The van der Waals surface area contributed by atoms with E-state index >= 15 is 0 Å². The number of aryl methyl sites for hydroxylation is 1. The zero-order chi connectivity index (χ0) is 33.2. The molecule has 0 spiro atoms. The van der Waals surface area contributed by atoms with Gasteiger partial charge in [0, 0.05) is 37.1 Å². The van der Waals surface area contributed by atoms with E-state index in [1.165, 1.54) is 12.1 Å². The van der Waals surface area contributed by atoms with Crippen LogP contribution in [0.3, 0.4) is 0 Å². The zero-order valence-corrected chi connectivity index (χ0v) is 26.2. The predicted molar refractivity (Wildman–Crippen MR) is 171 cm³/mol. The summed E-state index contributed by atoms with van der Waals surface area (Å²) in [5.74, 6) is -3.00. The topological polar surface area (TPSA) is 180 Å². The molecule has 4 unspecified atom stereocenters. The summed E-state index contributed by atoms with van der Waals surface area (Å²) in [6.45, 7) is 6.04. The first kappa shape index (κ1) is 33.9. The quantitative estimate of drug-likeness (QED) is 0.168. The van der Waals surface area contributed by atoms with Gasteiger partial charge in [-0.1, -0.05) is 67.5 Å². The molecule has 0 aliphatic carbocycles. The highest BCUT2D eigenvalue weighted by Crippen LogP contribution is 2.21. The van der Waals surface area contributed by atoms with Crippen LogP contribution in [-0.4, -0.2) is 64.5 Å². The summed E-state index contributed by atoms with van der Waals surface area (Å²) < 4.78 is 5.04. The largest absolute Gasteiger partial charge is 0.478 e. The van der Waals surface area contributed by atoms with E-state index in [0.717, 1.165) is 28.8 Å². The van der Waals surface area contributed by atoms with E-state index in [2.05, 4.69) is 26.4 Å². The van der Waals surface area contributed by atoms with Crippen LogP contribution in [0.15, 0.2) is 65.2 Å². The number of hydrogen-bond donors (Lipinski definition) is 5. The van der Waals surface area contributed by atoms with E-state index in [9.17, 15) is 29.1 Å². The minimum atomic E-state index is -1.19. The third-order valence-electron chi connectivity index (χ3n) is 7.86. The van der Waals surface area contributed by atoms with Gasteiger partial charge in [-0.3, -0.25) is 19.2 Å². The van der Waals surface area contributed by atoms with Crippen LogP contribution in [0.1, 0.15) is 61.3 Å². The second-order valence-corrected chi connectivity index (χ2v) is 12.1. The molecule has 0 saturated carbocycles. The molecular weight excluding hydrogens is 590 g/mol. The third kappa shape index (κ3) is 9.50. The number of rotatable bonds is 14. The Bertz CT molecular complexity index is 1590. The Morgan fingerprint density at radius 3 is 2.48 bits per heavy atom. The second-order valence-electron chi connectivity index (χ2n) is 12.1. The standard InChI is InChI=1S/C34H41N5O7/c1-20(2)16-27(32(43)36-25(13-14-30(40)41)18-24-11-7-15-35-31(24)42)37-33(44)28(38-34(45)29-17-21(3)46-39-29)19-23-10-6-9-22-8-4-5-12-26(22)23/h4-6,8-10,12-14,17,20,24-25,27-28H,7,11,15-16,18-19H2,1-3H3,(H,35,42)(H,36,43)(H,37,44)(H,38,45)(H,40,41)/b14-13+. The van der Waals surface area contributed by atoms with E-state index in [-0.39, 0.29) is 36.8 Å². The molecule has 2 aromatic carbocycles. The van der Waals surface area contributed by atoms with Crippen molar-refractivity contribution in [3.8, 4) is 0 Å². The Morgan fingerprint density at radius 2 is 1.78 bits per heavy atom. The molecule has 1 aliphatic heterocycles. The van der Waals surface area contributed by atoms with Gasteiger partial charge < -0.3 is 30.9 Å². The third-order valence-corrected chi connectivity index (χ3v) is 7.86. The fraction of sp³-hybridized carbons (Fsp3) is 0.412. The molecule has 4 amide bonds. The van der Waals surface area contributed by atoms with E-state index in [4.69, 9.17) is 4.52 Å². The molecular formula is C34H41N5O7. The summed E-state index contributed by atoms with van der Waals surface area (Å²) in [6, 6.07) is 12.1. The molecule has 244 valence electrons. The smallest absolute Gasteiger partial charge is 0.328 e. The van der Waals surface area contributed by atoms with Crippen LogP contribution >= 0.6 is 0 Å². The number of carboxylic acid groups (broad SMARTS) is 1. The molecule has 5 N–H and O–H groups in total. The van der Waals surface area contributed by atoms with Gasteiger partial charge in [0.2, 0.25) is 17.7 Å². The predicted octanol–water partition coefficient (Wildman–Crippen LogP) is 3.05. The molecule has 1 fully saturated rings. The Morgan fingerprint density at radius 1 is 1.04 bits per heavy atom. The molecule has 1 aromatic heterocycles. The molecule has 0 radical (unpaired) electrons. The number of nitrogens with one attached hydrogen (secondary N) is 4. The first-order chi connectivity index (χ1) is 22.0. The average Bonchev–Trinajstić information content (AvgIpc) is 3.46. The molecule has 46 heavy (non-hydrogen) atoms. The Hall–Kier alpha value is -5.00. The summed E-state index contributed by atoms with van der Waals surface area (Å²) in [4.78, 5) is 64.4. The monoisotopic (exact) mass is 631 g/mol. The van der Waals surface area contributed by atoms with Crippen molar-refractivity contribution in [1.29, 1.82) is 0 Å². The molecule has 2 heterocycles. The summed E-state index contributed by atoms with van der Waals surface area (Å²) in [7, 11) is 0. The van der Waals surface area contributed by atoms with Crippen LogP contribution in [0.2, 0.25) is 0 Å². The second kappa shape index (κ2) is 15.8. The fourth-order valence-corrected chi connectivity index (χ4v) is 5.61. The summed E-state index contributed by atoms with van der Waals surface area (Å²) in [6.07, 6.45) is 4.29. The van der Waals surface area contributed by atoms with Crippen molar-refractivity contribution in [2.45, 2.75) is 71.0 Å². The van der Waals surface area contributed by atoms with Crippen LogP contribution < -0.4 is 21.3 Å². The van der Waals surface area contributed by atoms with Crippen LogP contribution in [0.5, 0.6) is 0 Å². The summed E-state index contributed by atoms with van der Waals surface area (Å²) >= 11 is 0. The van der Waals surface area contributed by atoms with E-state index in [0.29, 0.717) is 18.7 Å². The average molecular weight is 632 g/mol. The molecule has 12 heteroatoms. The zero-order valence-electron chi connectivity index (χ0n) is 26.2. The first-order valence-corrected chi connectivity index (χ1v) is 15.5. The number of amides is 4. The molecule has 0 bridgehead atoms. The lowest BCUT2D eigenvalue weighted by atomic mass is 9.91. The number of carbonyl (C=O) groups is 5. The molecule has 3 aromatic rings. The van der Waals surface area contributed by atoms with Crippen molar-refractivity contribution in [2.24, 2.45) is 11.8 Å². The lowest BCUT2D eigenvalue weighted by Crippen LogP contribution is -2.56. The maximum Gasteiger partial charge on any atom is 0.328 e. The Balaban J connectivity index is 1.57. The number of aliphatic carboxylic acids is 1. The number of hydrogen-bond acceptors (Lipinski definition) is 7. The Kier molecular flexibility index (Phi) is 11.7. The summed E-state index contributed by atoms with van der Waals surface area (Å²) in [5, 5.41) is 26.1. The van der Waals surface area contributed by atoms with Gasteiger partial charge in [-0.2, -0.15) is 0 Å². The molecule has 12 nitrogen and oxygen atoms in total. The van der Waals surface area contributed by atoms with E-state index in [1.54, 1.807) is 6.92 Å². The number of benzene rings is 2. The SMILES string of the molecule is Cc1cc(C(=O)NC(Cc2cccc3ccccc23)C(=O)NC(CC(C)C)C(=O)NC(/C=C/C(=O)O)CC2CCCNC2=O)no1. The van der Waals surface area contributed by atoms with Gasteiger partial charge in [0.15, 0.2) is 5.69 Å². The van der Waals surface area contributed by atoms with Gasteiger partial charge in [0.1, 0.15) is 17.8 Å². The van der Waals surface area contributed by atoms with Crippen molar-refractivity contribution in [1.82, 2.24) is 26.4 Å². The van der Waals surface area contributed by atoms with Crippen LogP contribution in [0, 0.1) is 18.8 Å². The van der Waals surface area contributed by atoms with Crippen LogP contribution in [-0.2, 0) is 25.6 Å². The highest BCUT2D eigenvalue weighted by atomic mass is 16.5. The number of carboxylic acids is 1. The first-order valence-electron chi connectivity index (χ1n) is 15.5. The van der Waals surface area contributed by atoms with Crippen LogP contribution in [0.4, 0.5) is 0 Å². The van der Waals surface area contributed by atoms with Gasteiger partial charge in [-0.25, -0.2) is 4.79 Å². The highest BCUT2D eigenvalue weighted by molar-refractivity contribution is 5.98. The van der Waals surface area contributed by atoms with Gasteiger partial charge >= 0.3 is 5.97 Å². The van der Waals surface area contributed by atoms with Crippen molar-refractivity contribution in [2.75, 3.05) is 6.54 Å². The number of fused-ring (bicyclic) bond motifs is 1. The van der Waals surface area contributed by atoms with Crippen molar-refractivity contribution < 1.29 is 33.6 Å². The number of piperidine rings is 1.